The molecular weight excluding hydrogens is 358 g/mol. The van der Waals surface area contributed by atoms with Crippen molar-refractivity contribution in [1.82, 2.24) is 4.72 Å². The molecule has 1 heterocycles. The summed E-state index contributed by atoms with van der Waals surface area (Å²) in [4.78, 5) is 14.2. The highest BCUT2D eigenvalue weighted by Crippen LogP contribution is 2.22. The van der Waals surface area contributed by atoms with E-state index in [9.17, 15) is 4.79 Å². The summed E-state index contributed by atoms with van der Waals surface area (Å²) in [6.45, 7) is 13.3. The van der Waals surface area contributed by atoms with E-state index in [1.165, 1.54) is 17.6 Å². The molecule has 1 aromatic rings. The SMILES string of the molecule is CC1CN(c2ccc(NCCCCC(=O)NSC(C)(C)C)cc2)CC(C)O1. The molecule has 1 aliphatic rings. The number of carbonyl (C=O) groups excluding carboxylic acids is 1. The minimum atomic E-state index is 0.0562. The maximum atomic E-state index is 11.8. The Kier molecular flexibility index (Phi) is 8.29. The number of unbranched alkanes of at least 4 members (excludes halogenated alkanes) is 1. The Balaban J connectivity index is 1.65. The summed E-state index contributed by atoms with van der Waals surface area (Å²) >= 11 is 1.49. The third kappa shape index (κ3) is 8.43. The maximum absolute atomic E-state index is 11.8. The maximum Gasteiger partial charge on any atom is 0.229 e. The zero-order valence-electron chi connectivity index (χ0n) is 17.4. The minimum Gasteiger partial charge on any atom is -0.385 e. The van der Waals surface area contributed by atoms with E-state index in [1.54, 1.807) is 0 Å². The van der Waals surface area contributed by atoms with Crippen molar-refractivity contribution in [3.63, 3.8) is 0 Å². The van der Waals surface area contributed by atoms with Crippen molar-refractivity contribution in [2.24, 2.45) is 0 Å². The summed E-state index contributed by atoms with van der Waals surface area (Å²) in [6.07, 6.45) is 2.99. The molecule has 0 aromatic heterocycles. The van der Waals surface area contributed by atoms with Gasteiger partial charge in [0.2, 0.25) is 5.91 Å². The number of hydrogen-bond acceptors (Lipinski definition) is 5. The summed E-state index contributed by atoms with van der Waals surface area (Å²) < 4.78 is 8.78. The van der Waals surface area contributed by atoms with Crippen molar-refractivity contribution < 1.29 is 9.53 Å². The van der Waals surface area contributed by atoms with E-state index >= 15 is 0 Å². The van der Waals surface area contributed by atoms with Gasteiger partial charge in [0.25, 0.3) is 0 Å². The molecule has 6 heteroatoms. The van der Waals surface area contributed by atoms with Crippen LogP contribution in [-0.2, 0) is 9.53 Å². The zero-order valence-corrected chi connectivity index (χ0v) is 18.2. The van der Waals surface area contributed by atoms with Crippen molar-refractivity contribution in [1.29, 1.82) is 0 Å². The Bertz CT molecular complexity index is 576. The second kappa shape index (κ2) is 10.2. The van der Waals surface area contributed by atoms with Crippen LogP contribution in [0.15, 0.2) is 24.3 Å². The largest absolute Gasteiger partial charge is 0.385 e. The van der Waals surface area contributed by atoms with Gasteiger partial charge in [-0.3, -0.25) is 9.52 Å². The molecule has 1 aliphatic heterocycles. The van der Waals surface area contributed by atoms with E-state index in [0.29, 0.717) is 6.42 Å². The Morgan fingerprint density at radius 3 is 2.37 bits per heavy atom. The molecule has 5 nitrogen and oxygen atoms in total. The Labute approximate surface area is 168 Å². The smallest absolute Gasteiger partial charge is 0.229 e. The number of hydrogen-bond donors (Lipinski definition) is 2. The first-order chi connectivity index (χ1) is 12.7. The summed E-state index contributed by atoms with van der Waals surface area (Å²) in [5.74, 6) is 0.119. The number of amides is 1. The van der Waals surface area contributed by atoms with E-state index in [-0.39, 0.29) is 22.9 Å². The molecule has 1 aromatic carbocycles. The van der Waals surface area contributed by atoms with Crippen LogP contribution in [0.1, 0.15) is 53.9 Å². The molecule has 2 atom stereocenters. The molecule has 0 radical (unpaired) electrons. The highest BCUT2D eigenvalue weighted by molar-refractivity contribution is 7.99. The summed E-state index contributed by atoms with van der Waals surface area (Å²) in [6, 6.07) is 8.61. The lowest BCUT2D eigenvalue weighted by molar-refractivity contribution is -0.119. The third-order valence-corrected chi connectivity index (χ3v) is 5.22. The van der Waals surface area contributed by atoms with E-state index in [1.807, 2.05) is 0 Å². The number of rotatable bonds is 8. The number of nitrogens with one attached hydrogen (secondary N) is 2. The van der Waals surface area contributed by atoms with Gasteiger partial charge in [-0.25, -0.2) is 0 Å². The van der Waals surface area contributed by atoms with Crippen molar-refractivity contribution in [2.45, 2.75) is 70.8 Å². The van der Waals surface area contributed by atoms with Crippen molar-refractivity contribution in [3.05, 3.63) is 24.3 Å². The first-order valence-corrected chi connectivity index (χ1v) is 10.8. The normalized spacial score (nSPS) is 20.4. The van der Waals surface area contributed by atoms with E-state index in [2.05, 4.69) is 73.8 Å². The first kappa shape index (κ1) is 21.9. The Morgan fingerprint density at radius 1 is 1.15 bits per heavy atom. The van der Waals surface area contributed by atoms with E-state index in [4.69, 9.17) is 4.74 Å². The summed E-state index contributed by atoms with van der Waals surface area (Å²) in [5.41, 5.74) is 2.37. The van der Waals surface area contributed by atoms with E-state index in [0.717, 1.165) is 38.2 Å². The summed E-state index contributed by atoms with van der Waals surface area (Å²) in [7, 11) is 0. The monoisotopic (exact) mass is 393 g/mol. The van der Waals surface area contributed by atoms with Gasteiger partial charge in [-0.1, -0.05) is 0 Å². The molecule has 1 amide bonds. The summed E-state index contributed by atoms with van der Waals surface area (Å²) in [5, 5.41) is 3.44. The molecule has 0 saturated carbocycles. The molecule has 2 rings (SSSR count). The average Bonchev–Trinajstić information content (AvgIpc) is 2.59. The molecule has 2 N–H and O–H groups in total. The van der Waals surface area contributed by atoms with Crippen LogP contribution in [0.25, 0.3) is 0 Å². The van der Waals surface area contributed by atoms with Gasteiger partial charge in [0.15, 0.2) is 0 Å². The van der Waals surface area contributed by atoms with Crippen molar-refractivity contribution in [3.8, 4) is 0 Å². The van der Waals surface area contributed by atoms with Crippen LogP contribution in [0.4, 0.5) is 11.4 Å². The predicted octanol–water partition coefficient (Wildman–Crippen LogP) is 4.45. The van der Waals surface area contributed by atoms with Gasteiger partial charge in [0.1, 0.15) is 0 Å². The zero-order chi connectivity index (χ0) is 19.9. The minimum absolute atomic E-state index is 0.0562. The highest BCUT2D eigenvalue weighted by atomic mass is 32.2. The Morgan fingerprint density at radius 2 is 1.78 bits per heavy atom. The predicted molar refractivity (Wildman–Crippen MR) is 116 cm³/mol. The van der Waals surface area contributed by atoms with Crippen LogP contribution < -0.4 is 14.9 Å². The highest BCUT2D eigenvalue weighted by Gasteiger charge is 2.22. The van der Waals surface area contributed by atoms with Gasteiger partial charge in [0.05, 0.1) is 12.2 Å². The molecule has 0 aliphatic carbocycles. The van der Waals surface area contributed by atoms with Crippen LogP contribution in [0, 0.1) is 0 Å². The van der Waals surface area contributed by atoms with Gasteiger partial charge < -0.3 is 15.0 Å². The number of nitrogens with zero attached hydrogens (tertiary/aromatic N) is 1. The fraction of sp³-hybridized carbons (Fsp3) is 0.667. The van der Waals surface area contributed by atoms with Gasteiger partial charge in [-0.2, -0.15) is 0 Å². The Hall–Kier alpha value is -1.40. The van der Waals surface area contributed by atoms with E-state index < -0.39 is 0 Å². The molecular formula is C21H35N3O2S. The molecule has 27 heavy (non-hydrogen) atoms. The molecule has 1 saturated heterocycles. The van der Waals surface area contributed by atoms with Crippen LogP contribution in [0.2, 0.25) is 0 Å². The number of ether oxygens (including phenoxy) is 1. The number of carbonyl (C=O) groups is 1. The van der Waals surface area contributed by atoms with Crippen molar-refractivity contribution in [2.75, 3.05) is 29.9 Å². The number of anilines is 2. The molecule has 2 unspecified atom stereocenters. The first-order valence-electron chi connectivity index (χ1n) is 9.94. The van der Waals surface area contributed by atoms with Gasteiger partial charge in [0, 0.05) is 42.2 Å². The second-order valence-electron chi connectivity index (χ2n) is 8.33. The third-order valence-electron chi connectivity index (χ3n) is 4.28. The number of benzene rings is 1. The van der Waals surface area contributed by atoms with Crippen molar-refractivity contribution >= 4 is 29.2 Å². The molecule has 1 fully saturated rings. The van der Waals surface area contributed by atoms with Gasteiger partial charge in [-0.05, 0) is 83.7 Å². The standard InChI is InChI=1S/C21H35N3O2S/c1-16-14-24(15-17(2)26-16)19-11-9-18(10-12-19)22-13-7-6-8-20(25)23-27-21(3,4)5/h9-12,16-17,22H,6-8,13-15H2,1-5H3,(H,23,25). The van der Waals surface area contributed by atoms with Gasteiger partial charge >= 0.3 is 0 Å². The molecule has 152 valence electrons. The topological polar surface area (TPSA) is 53.6 Å². The lowest BCUT2D eigenvalue weighted by Gasteiger charge is -2.36. The number of morpholine rings is 1. The lowest BCUT2D eigenvalue weighted by atomic mass is 10.2. The second-order valence-corrected chi connectivity index (χ2v) is 9.97. The van der Waals surface area contributed by atoms with Crippen LogP contribution in [0.5, 0.6) is 0 Å². The van der Waals surface area contributed by atoms with Crippen LogP contribution in [-0.4, -0.2) is 42.5 Å². The lowest BCUT2D eigenvalue weighted by Crippen LogP contribution is -2.45. The van der Waals surface area contributed by atoms with Gasteiger partial charge in [-0.15, -0.1) is 0 Å². The fourth-order valence-corrected chi connectivity index (χ4v) is 3.61. The molecule has 0 bridgehead atoms. The van der Waals surface area contributed by atoms with Crippen LogP contribution in [0.3, 0.4) is 0 Å². The quantitative estimate of drug-likeness (QED) is 0.505. The fourth-order valence-electron chi connectivity index (χ4n) is 3.08. The molecule has 0 spiro atoms. The van der Waals surface area contributed by atoms with Crippen LogP contribution >= 0.6 is 11.9 Å². The average molecular weight is 394 g/mol.